The molecular weight excluding hydrogens is 254 g/mol. The molecule has 0 aliphatic carbocycles. The van der Waals surface area contributed by atoms with Gasteiger partial charge < -0.3 is 5.32 Å². The van der Waals surface area contributed by atoms with Crippen LogP contribution in [-0.2, 0) is 17.6 Å². The molecule has 0 fully saturated rings. The van der Waals surface area contributed by atoms with Crippen molar-refractivity contribution in [2.45, 2.75) is 25.7 Å². The third kappa shape index (κ3) is 5.26. The van der Waals surface area contributed by atoms with Gasteiger partial charge in [0.05, 0.1) is 0 Å². The minimum Gasteiger partial charge on any atom is -0.356 e. The Hall–Kier alpha value is -1.61. The lowest BCUT2D eigenvalue weighted by Gasteiger charge is -2.05. The van der Waals surface area contributed by atoms with E-state index in [1.54, 1.807) is 11.3 Å². The lowest BCUT2D eigenvalue weighted by molar-refractivity contribution is -0.121. The predicted octanol–water partition coefficient (Wildman–Crippen LogP) is 3.43. The molecule has 1 N–H and O–H groups in total. The number of carbonyl (C=O) groups is 1. The van der Waals surface area contributed by atoms with Crippen molar-refractivity contribution in [1.29, 1.82) is 0 Å². The van der Waals surface area contributed by atoms with E-state index in [4.69, 9.17) is 0 Å². The van der Waals surface area contributed by atoms with Gasteiger partial charge in [0.15, 0.2) is 0 Å². The number of carbonyl (C=O) groups excluding carboxylic acids is 1. The molecule has 3 heteroatoms. The topological polar surface area (TPSA) is 29.1 Å². The normalized spacial score (nSPS) is 10.3. The Balaban J connectivity index is 1.57. The zero-order chi connectivity index (χ0) is 13.3. The predicted molar refractivity (Wildman–Crippen MR) is 80.4 cm³/mol. The van der Waals surface area contributed by atoms with Crippen LogP contribution < -0.4 is 5.32 Å². The fraction of sp³-hybridized carbons (Fsp3) is 0.312. The molecule has 0 bridgehead atoms. The Labute approximate surface area is 118 Å². The van der Waals surface area contributed by atoms with Gasteiger partial charge in [0, 0.05) is 13.0 Å². The Morgan fingerprint density at radius 2 is 1.89 bits per heavy atom. The highest BCUT2D eigenvalue weighted by Crippen LogP contribution is 2.08. The van der Waals surface area contributed by atoms with Crippen LogP contribution in [0.2, 0.25) is 0 Å². The van der Waals surface area contributed by atoms with Crippen molar-refractivity contribution in [1.82, 2.24) is 5.32 Å². The van der Waals surface area contributed by atoms with Gasteiger partial charge >= 0.3 is 0 Å². The van der Waals surface area contributed by atoms with Crippen molar-refractivity contribution >= 4 is 17.2 Å². The molecule has 1 amide bonds. The van der Waals surface area contributed by atoms with E-state index in [0.717, 1.165) is 25.8 Å². The zero-order valence-electron chi connectivity index (χ0n) is 11.0. The second-order valence-electron chi connectivity index (χ2n) is 4.57. The molecule has 0 radical (unpaired) electrons. The number of thiophene rings is 1. The monoisotopic (exact) mass is 273 g/mol. The average molecular weight is 273 g/mol. The Morgan fingerprint density at radius 1 is 1.05 bits per heavy atom. The fourth-order valence-electron chi connectivity index (χ4n) is 1.95. The molecule has 0 spiro atoms. The summed E-state index contributed by atoms with van der Waals surface area (Å²) in [5, 5.41) is 7.13. The maximum atomic E-state index is 11.6. The number of aryl methyl sites for hydroxylation is 2. The summed E-state index contributed by atoms with van der Waals surface area (Å²) in [7, 11) is 0. The van der Waals surface area contributed by atoms with E-state index in [1.165, 1.54) is 11.1 Å². The molecule has 0 unspecified atom stereocenters. The van der Waals surface area contributed by atoms with Crippen LogP contribution in [-0.4, -0.2) is 12.5 Å². The summed E-state index contributed by atoms with van der Waals surface area (Å²) in [6.45, 7) is 0.761. The second-order valence-corrected chi connectivity index (χ2v) is 5.35. The number of hydrogen-bond donors (Lipinski definition) is 1. The summed E-state index contributed by atoms with van der Waals surface area (Å²) in [5.74, 6) is 0.152. The van der Waals surface area contributed by atoms with Crippen molar-refractivity contribution in [2.75, 3.05) is 6.54 Å². The van der Waals surface area contributed by atoms with Crippen LogP contribution in [0.1, 0.15) is 24.0 Å². The van der Waals surface area contributed by atoms with Gasteiger partial charge in [0.1, 0.15) is 0 Å². The number of rotatable bonds is 7. The van der Waals surface area contributed by atoms with Gasteiger partial charge in [-0.1, -0.05) is 30.3 Å². The van der Waals surface area contributed by atoms with Gasteiger partial charge in [-0.2, -0.15) is 11.3 Å². The number of nitrogens with one attached hydrogen (secondary N) is 1. The van der Waals surface area contributed by atoms with Crippen molar-refractivity contribution in [3.8, 4) is 0 Å². The minimum absolute atomic E-state index is 0.152. The summed E-state index contributed by atoms with van der Waals surface area (Å²) < 4.78 is 0. The van der Waals surface area contributed by atoms with Crippen LogP contribution in [0.3, 0.4) is 0 Å². The summed E-state index contributed by atoms with van der Waals surface area (Å²) in [5.41, 5.74) is 2.58. The van der Waals surface area contributed by atoms with Gasteiger partial charge in [0.2, 0.25) is 5.91 Å². The molecule has 0 aliphatic heterocycles. The first kappa shape index (κ1) is 13.8. The molecule has 0 saturated carbocycles. The van der Waals surface area contributed by atoms with E-state index >= 15 is 0 Å². The molecule has 2 nitrogen and oxygen atoms in total. The van der Waals surface area contributed by atoms with Crippen molar-refractivity contribution < 1.29 is 4.79 Å². The molecule has 0 aliphatic rings. The Kier molecular flexibility index (Phi) is 5.63. The molecule has 19 heavy (non-hydrogen) atoms. The SMILES string of the molecule is O=C(CCc1ccsc1)NCCCc1ccccc1. The standard InChI is InChI=1S/C16H19NOS/c18-16(9-8-15-10-12-19-13-15)17-11-4-7-14-5-2-1-3-6-14/h1-3,5-6,10,12-13H,4,7-9,11H2,(H,17,18). The lowest BCUT2D eigenvalue weighted by Crippen LogP contribution is -2.24. The molecule has 100 valence electrons. The summed E-state index contributed by atoms with van der Waals surface area (Å²) in [4.78, 5) is 11.6. The third-order valence-electron chi connectivity index (χ3n) is 3.03. The van der Waals surface area contributed by atoms with Crippen LogP contribution in [0.15, 0.2) is 47.2 Å². The molecule has 1 heterocycles. The smallest absolute Gasteiger partial charge is 0.220 e. The van der Waals surface area contributed by atoms with E-state index in [1.807, 2.05) is 11.4 Å². The highest BCUT2D eigenvalue weighted by Gasteiger charge is 2.02. The average Bonchev–Trinajstić information content (AvgIpc) is 2.96. The molecule has 0 saturated heterocycles. The van der Waals surface area contributed by atoms with Crippen molar-refractivity contribution in [2.24, 2.45) is 0 Å². The maximum Gasteiger partial charge on any atom is 0.220 e. The quantitative estimate of drug-likeness (QED) is 0.769. The van der Waals surface area contributed by atoms with E-state index in [9.17, 15) is 4.79 Å². The Bertz CT molecular complexity index is 479. The largest absolute Gasteiger partial charge is 0.356 e. The Morgan fingerprint density at radius 3 is 2.63 bits per heavy atom. The lowest BCUT2D eigenvalue weighted by atomic mass is 10.1. The van der Waals surface area contributed by atoms with Gasteiger partial charge in [-0.3, -0.25) is 4.79 Å². The molecule has 2 rings (SSSR count). The highest BCUT2D eigenvalue weighted by molar-refractivity contribution is 7.07. The summed E-state index contributed by atoms with van der Waals surface area (Å²) >= 11 is 1.68. The van der Waals surface area contributed by atoms with E-state index in [0.29, 0.717) is 6.42 Å². The number of benzene rings is 1. The molecule has 0 atom stereocenters. The summed E-state index contributed by atoms with van der Waals surface area (Å²) in [6, 6.07) is 12.4. The fourth-order valence-corrected chi connectivity index (χ4v) is 2.65. The maximum absolute atomic E-state index is 11.6. The first-order valence-corrected chi connectivity index (χ1v) is 7.60. The first-order valence-electron chi connectivity index (χ1n) is 6.66. The van der Waals surface area contributed by atoms with Gasteiger partial charge in [-0.05, 0) is 47.2 Å². The van der Waals surface area contributed by atoms with Crippen LogP contribution in [0.5, 0.6) is 0 Å². The number of hydrogen-bond acceptors (Lipinski definition) is 2. The van der Waals surface area contributed by atoms with Crippen LogP contribution in [0.4, 0.5) is 0 Å². The van der Waals surface area contributed by atoms with Crippen molar-refractivity contribution in [3.05, 3.63) is 58.3 Å². The molecule has 2 aromatic rings. The van der Waals surface area contributed by atoms with E-state index in [-0.39, 0.29) is 5.91 Å². The van der Waals surface area contributed by atoms with Crippen LogP contribution in [0, 0.1) is 0 Å². The second kappa shape index (κ2) is 7.74. The first-order chi connectivity index (χ1) is 9.34. The molecule has 1 aromatic carbocycles. The zero-order valence-corrected chi connectivity index (χ0v) is 11.8. The minimum atomic E-state index is 0.152. The molecular formula is C16H19NOS. The summed E-state index contributed by atoms with van der Waals surface area (Å²) in [6.07, 6.45) is 3.44. The third-order valence-corrected chi connectivity index (χ3v) is 3.76. The van der Waals surface area contributed by atoms with Gasteiger partial charge in [-0.25, -0.2) is 0 Å². The van der Waals surface area contributed by atoms with E-state index in [2.05, 4.69) is 41.0 Å². The van der Waals surface area contributed by atoms with Crippen LogP contribution in [0.25, 0.3) is 0 Å². The molecule has 1 aromatic heterocycles. The highest BCUT2D eigenvalue weighted by atomic mass is 32.1. The van der Waals surface area contributed by atoms with Gasteiger partial charge in [0.25, 0.3) is 0 Å². The van der Waals surface area contributed by atoms with E-state index < -0.39 is 0 Å². The van der Waals surface area contributed by atoms with Crippen LogP contribution >= 0.6 is 11.3 Å². The number of amides is 1. The van der Waals surface area contributed by atoms with Crippen molar-refractivity contribution in [3.63, 3.8) is 0 Å². The van der Waals surface area contributed by atoms with Gasteiger partial charge in [-0.15, -0.1) is 0 Å².